The number of nitriles is 1. The highest BCUT2D eigenvalue weighted by molar-refractivity contribution is 9.10. The van der Waals surface area contributed by atoms with Gasteiger partial charge in [-0.25, -0.2) is 4.79 Å². The molecular formula is C27H22BrN3O6. The summed E-state index contributed by atoms with van der Waals surface area (Å²) in [6.45, 7) is 1.67. The van der Waals surface area contributed by atoms with E-state index >= 15 is 0 Å². The molecule has 37 heavy (non-hydrogen) atoms. The number of hydrogen-bond acceptors (Lipinski definition) is 6. The predicted molar refractivity (Wildman–Crippen MR) is 142 cm³/mol. The minimum atomic E-state index is -1.14. The molecule has 0 radical (unpaired) electrons. The van der Waals surface area contributed by atoms with E-state index in [1.165, 1.54) is 37.5 Å². The Morgan fingerprint density at radius 2 is 1.78 bits per heavy atom. The molecule has 9 nitrogen and oxygen atoms in total. The van der Waals surface area contributed by atoms with Crippen molar-refractivity contribution in [3.63, 3.8) is 0 Å². The number of halogens is 1. The number of methoxy groups -OCH3 is 1. The van der Waals surface area contributed by atoms with Gasteiger partial charge in [0.2, 0.25) is 0 Å². The van der Waals surface area contributed by atoms with Gasteiger partial charge in [-0.05, 0) is 77.0 Å². The first-order valence-electron chi connectivity index (χ1n) is 10.8. The van der Waals surface area contributed by atoms with Crippen LogP contribution in [-0.2, 0) is 9.59 Å². The fraction of sp³-hybridized carbons (Fsp3) is 0.111. The van der Waals surface area contributed by atoms with E-state index in [9.17, 15) is 19.6 Å². The Kier molecular flexibility index (Phi) is 9.02. The fourth-order valence-corrected chi connectivity index (χ4v) is 3.75. The van der Waals surface area contributed by atoms with Crippen LogP contribution in [0.4, 0.5) is 11.4 Å². The van der Waals surface area contributed by atoms with Crippen molar-refractivity contribution in [1.29, 1.82) is 5.26 Å². The van der Waals surface area contributed by atoms with Crippen LogP contribution >= 0.6 is 15.9 Å². The largest absolute Gasteiger partial charge is 0.493 e. The number of carboxylic acid groups (broad SMARTS) is 1. The number of rotatable bonds is 9. The lowest BCUT2D eigenvalue weighted by Crippen LogP contribution is -2.20. The highest BCUT2D eigenvalue weighted by atomic mass is 79.9. The van der Waals surface area contributed by atoms with E-state index in [4.69, 9.17) is 14.6 Å². The molecule has 0 saturated carbocycles. The van der Waals surface area contributed by atoms with Crippen LogP contribution in [0.1, 0.15) is 21.5 Å². The quantitative estimate of drug-likeness (QED) is 0.245. The lowest BCUT2D eigenvalue weighted by Gasteiger charge is -2.14. The number of carboxylic acids is 1. The Hall–Kier alpha value is -4.62. The van der Waals surface area contributed by atoms with Crippen molar-refractivity contribution >= 4 is 51.2 Å². The third-order valence-electron chi connectivity index (χ3n) is 4.98. The number of carbonyl (C=O) groups is 3. The van der Waals surface area contributed by atoms with Gasteiger partial charge in [0.15, 0.2) is 18.1 Å². The number of aryl methyl sites for hydroxylation is 1. The maximum absolute atomic E-state index is 12.6. The summed E-state index contributed by atoms with van der Waals surface area (Å²) in [6.07, 6.45) is 1.34. The smallest absolute Gasteiger partial charge is 0.335 e. The van der Waals surface area contributed by atoms with Crippen LogP contribution in [0.15, 0.2) is 70.7 Å². The number of amides is 2. The molecule has 10 heteroatoms. The van der Waals surface area contributed by atoms with Gasteiger partial charge < -0.3 is 25.2 Å². The SMILES string of the molecule is COc1cc(/C=C(/C#N)C(=O)Nc2cccc(C(=O)O)c2)cc(Br)c1OCC(=O)Nc1ccc(C)cc1. The fourth-order valence-electron chi connectivity index (χ4n) is 3.18. The zero-order valence-electron chi connectivity index (χ0n) is 19.9. The molecule has 0 saturated heterocycles. The Labute approximate surface area is 221 Å². The highest BCUT2D eigenvalue weighted by Crippen LogP contribution is 2.37. The maximum atomic E-state index is 12.6. The number of nitrogens with zero attached hydrogens (tertiary/aromatic N) is 1. The molecule has 0 aliphatic rings. The molecule has 3 rings (SSSR count). The molecule has 3 aromatic carbocycles. The summed E-state index contributed by atoms with van der Waals surface area (Å²) in [5.41, 5.74) is 2.17. The van der Waals surface area contributed by atoms with Crippen molar-refractivity contribution < 1.29 is 29.0 Å². The van der Waals surface area contributed by atoms with E-state index in [0.29, 0.717) is 15.7 Å². The summed E-state index contributed by atoms with van der Waals surface area (Å²) in [5.74, 6) is -1.67. The van der Waals surface area contributed by atoms with Gasteiger partial charge in [0.05, 0.1) is 17.1 Å². The molecule has 0 aliphatic heterocycles. The molecule has 0 unspecified atom stereocenters. The molecule has 188 valence electrons. The number of anilines is 2. The Morgan fingerprint density at radius 1 is 1.05 bits per heavy atom. The summed E-state index contributed by atoms with van der Waals surface area (Å²) in [5, 5.41) is 23.9. The van der Waals surface area contributed by atoms with Crippen LogP contribution in [0.25, 0.3) is 6.08 Å². The molecule has 0 aromatic heterocycles. The minimum Gasteiger partial charge on any atom is -0.493 e. The minimum absolute atomic E-state index is 0.00269. The third-order valence-corrected chi connectivity index (χ3v) is 5.57. The monoisotopic (exact) mass is 563 g/mol. The van der Waals surface area contributed by atoms with Crippen molar-refractivity contribution in [1.82, 2.24) is 0 Å². The van der Waals surface area contributed by atoms with Gasteiger partial charge in [-0.1, -0.05) is 23.8 Å². The Morgan fingerprint density at radius 3 is 2.43 bits per heavy atom. The summed E-state index contributed by atoms with van der Waals surface area (Å²) in [7, 11) is 1.42. The average Bonchev–Trinajstić information content (AvgIpc) is 2.87. The molecule has 0 aliphatic carbocycles. The predicted octanol–water partition coefficient (Wildman–Crippen LogP) is 5.03. The van der Waals surface area contributed by atoms with Crippen LogP contribution in [0.5, 0.6) is 11.5 Å². The first-order chi connectivity index (χ1) is 17.7. The van der Waals surface area contributed by atoms with Crippen molar-refractivity contribution in [2.45, 2.75) is 6.92 Å². The van der Waals surface area contributed by atoms with E-state index in [-0.39, 0.29) is 40.8 Å². The second-order valence-electron chi connectivity index (χ2n) is 7.75. The van der Waals surface area contributed by atoms with E-state index in [0.717, 1.165) is 5.56 Å². The van der Waals surface area contributed by atoms with E-state index in [1.54, 1.807) is 24.3 Å². The first-order valence-corrected chi connectivity index (χ1v) is 11.6. The summed E-state index contributed by atoms with van der Waals surface area (Å²) >= 11 is 3.38. The number of hydrogen-bond donors (Lipinski definition) is 3. The number of ether oxygens (including phenoxy) is 2. The van der Waals surface area contributed by atoms with E-state index in [1.807, 2.05) is 25.1 Å². The zero-order chi connectivity index (χ0) is 26.9. The molecule has 0 bridgehead atoms. The van der Waals surface area contributed by atoms with Crippen LogP contribution < -0.4 is 20.1 Å². The molecule has 3 aromatic rings. The second-order valence-corrected chi connectivity index (χ2v) is 8.60. The number of aromatic carboxylic acids is 1. The van der Waals surface area contributed by atoms with Crippen molar-refractivity contribution in [2.75, 3.05) is 24.4 Å². The van der Waals surface area contributed by atoms with Crippen molar-refractivity contribution in [3.8, 4) is 17.6 Å². The molecule has 0 atom stereocenters. The van der Waals surface area contributed by atoms with E-state index < -0.39 is 11.9 Å². The van der Waals surface area contributed by atoms with Gasteiger partial charge in [0, 0.05) is 11.4 Å². The van der Waals surface area contributed by atoms with Crippen molar-refractivity contribution in [3.05, 3.63) is 87.4 Å². The Balaban J connectivity index is 1.74. The molecule has 0 spiro atoms. The lowest BCUT2D eigenvalue weighted by molar-refractivity contribution is -0.118. The molecule has 0 fully saturated rings. The number of nitrogens with one attached hydrogen (secondary N) is 2. The standard InChI is InChI=1S/C27H22BrN3O6/c1-16-6-8-20(9-7-16)30-24(32)15-37-25-22(28)11-17(12-23(25)36-2)10-19(14-29)26(33)31-21-5-3-4-18(13-21)27(34)35/h3-13H,15H2,1-2H3,(H,30,32)(H,31,33)(H,34,35)/b19-10-. The van der Waals surface area contributed by atoms with Crippen LogP contribution in [0.3, 0.4) is 0 Å². The van der Waals surface area contributed by atoms with Crippen LogP contribution in [-0.4, -0.2) is 36.6 Å². The van der Waals surface area contributed by atoms with E-state index in [2.05, 4.69) is 26.6 Å². The molecular weight excluding hydrogens is 542 g/mol. The second kappa shape index (κ2) is 12.4. The Bertz CT molecular complexity index is 1410. The van der Waals surface area contributed by atoms with Crippen LogP contribution in [0, 0.1) is 18.3 Å². The normalized spacial score (nSPS) is 10.7. The molecule has 3 N–H and O–H groups in total. The van der Waals surface area contributed by atoms with Gasteiger partial charge in [0.1, 0.15) is 11.6 Å². The van der Waals surface area contributed by atoms with Gasteiger partial charge in [-0.3, -0.25) is 9.59 Å². The topological polar surface area (TPSA) is 138 Å². The van der Waals surface area contributed by atoms with Crippen LogP contribution in [0.2, 0.25) is 0 Å². The van der Waals surface area contributed by atoms with Gasteiger partial charge in [-0.15, -0.1) is 0 Å². The summed E-state index contributed by atoms with van der Waals surface area (Å²) in [4.78, 5) is 36.1. The first kappa shape index (κ1) is 27.0. The maximum Gasteiger partial charge on any atom is 0.335 e. The van der Waals surface area contributed by atoms with Crippen molar-refractivity contribution in [2.24, 2.45) is 0 Å². The lowest BCUT2D eigenvalue weighted by atomic mass is 10.1. The third kappa shape index (κ3) is 7.43. The summed E-state index contributed by atoms with van der Waals surface area (Å²) in [6, 6.07) is 18.0. The van der Waals surface area contributed by atoms with Gasteiger partial charge in [-0.2, -0.15) is 5.26 Å². The average molecular weight is 564 g/mol. The summed E-state index contributed by atoms with van der Waals surface area (Å²) < 4.78 is 11.5. The molecule has 0 heterocycles. The highest BCUT2D eigenvalue weighted by Gasteiger charge is 2.16. The van der Waals surface area contributed by atoms with Gasteiger partial charge in [0.25, 0.3) is 11.8 Å². The zero-order valence-corrected chi connectivity index (χ0v) is 21.5. The number of carbonyl (C=O) groups excluding carboxylic acids is 2. The number of benzene rings is 3. The van der Waals surface area contributed by atoms with Gasteiger partial charge >= 0.3 is 5.97 Å². The molecule has 2 amide bonds.